The van der Waals surface area contributed by atoms with Crippen LogP contribution in [0.15, 0.2) is 24.3 Å². The van der Waals surface area contributed by atoms with E-state index in [4.69, 9.17) is 0 Å². The molecule has 0 aliphatic heterocycles. The van der Waals surface area contributed by atoms with Gasteiger partial charge in [0.25, 0.3) is 0 Å². The van der Waals surface area contributed by atoms with Crippen LogP contribution in [0.2, 0.25) is 0 Å². The van der Waals surface area contributed by atoms with Crippen LogP contribution in [-0.4, -0.2) is 36.7 Å². The summed E-state index contributed by atoms with van der Waals surface area (Å²) in [6.07, 6.45) is 0. The molecular formula is C9H12LiN. The molecule has 0 N–H and O–H groups in total. The molecule has 1 aromatic carbocycles. The number of rotatable bonds is 2. The molecule has 0 radical (unpaired) electrons. The van der Waals surface area contributed by atoms with Gasteiger partial charge in [0.15, 0.2) is 0 Å². The van der Waals surface area contributed by atoms with Crippen LogP contribution in [0.4, 0.5) is 0 Å². The topological polar surface area (TPSA) is 3.24 Å². The molecule has 11 heavy (non-hydrogen) atoms. The van der Waals surface area contributed by atoms with Gasteiger partial charge in [-0.25, -0.2) is 0 Å². The van der Waals surface area contributed by atoms with E-state index in [1.54, 1.807) is 0 Å². The Balaban J connectivity index is 2.78. The van der Waals surface area contributed by atoms with Crippen molar-refractivity contribution < 1.29 is 0 Å². The SMILES string of the molecule is [Li][c]1ccccc1CN(C)C. The molecule has 0 unspecified atom stereocenters. The maximum atomic E-state index is 2.18. The van der Waals surface area contributed by atoms with Gasteiger partial charge >= 0.3 is 77.3 Å². The second-order valence-electron chi connectivity index (χ2n) is 3.16. The van der Waals surface area contributed by atoms with E-state index in [0.717, 1.165) is 6.54 Å². The van der Waals surface area contributed by atoms with Gasteiger partial charge in [-0.1, -0.05) is 0 Å². The summed E-state index contributed by atoms with van der Waals surface area (Å²) in [6.45, 7) is 1.03. The van der Waals surface area contributed by atoms with Crippen LogP contribution in [0, 0.1) is 0 Å². The fourth-order valence-electron chi connectivity index (χ4n) is 1.13. The Morgan fingerprint density at radius 3 is 2.45 bits per heavy atom. The third-order valence-corrected chi connectivity index (χ3v) is 1.75. The van der Waals surface area contributed by atoms with Gasteiger partial charge in [0, 0.05) is 0 Å². The number of hydrogen-bond donors (Lipinski definition) is 0. The van der Waals surface area contributed by atoms with Crippen molar-refractivity contribution in [3.8, 4) is 0 Å². The molecule has 0 amide bonds. The van der Waals surface area contributed by atoms with Crippen LogP contribution >= 0.6 is 0 Å². The summed E-state index contributed by atoms with van der Waals surface area (Å²) in [4.78, 5) is 2.18. The molecule has 0 heterocycles. The van der Waals surface area contributed by atoms with E-state index in [1.807, 2.05) is 0 Å². The number of hydrogen-bond acceptors (Lipinski definition) is 1. The van der Waals surface area contributed by atoms with E-state index >= 15 is 0 Å². The summed E-state index contributed by atoms with van der Waals surface area (Å²) in [7, 11) is 4.18. The molecule has 0 bridgehead atoms. The predicted molar refractivity (Wildman–Crippen MR) is 49.2 cm³/mol. The fraction of sp³-hybridized carbons (Fsp3) is 0.333. The molecule has 0 fully saturated rings. The van der Waals surface area contributed by atoms with Gasteiger partial charge in [-0.05, 0) is 0 Å². The Morgan fingerprint density at radius 2 is 1.91 bits per heavy atom. The first kappa shape index (κ1) is 8.87. The molecule has 1 rings (SSSR count). The zero-order chi connectivity index (χ0) is 8.27. The van der Waals surface area contributed by atoms with Gasteiger partial charge in [0.2, 0.25) is 0 Å². The van der Waals surface area contributed by atoms with Gasteiger partial charge in [-0.15, -0.1) is 0 Å². The molecule has 0 aromatic heterocycles. The molecule has 0 aliphatic carbocycles. The van der Waals surface area contributed by atoms with Crippen molar-refractivity contribution in [1.29, 1.82) is 0 Å². The van der Waals surface area contributed by atoms with E-state index in [9.17, 15) is 0 Å². The van der Waals surface area contributed by atoms with Crippen molar-refractivity contribution in [3.05, 3.63) is 29.8 Å². The van der Waals surface area contributed by atoms with E-state index < -0.39 is 0 Å². The second kappa shape index (κ2) is 3.97. The van der Waals surface area contributed by atoms with Crippen molar-refractivity contribution in [2.45, 2.75) is 6.54 Å². The normalized spacial score (nSPS) is 10.6. The van der Waals surface area contributed by atoms with Gasteiger partial charge in [0.1, 0.15) is 0 Å². The van der Waals surface area contributed by atoms with Crippen molar-refractivity contribution >= 4 is 22.0 Å². The minimum absolute atomic E-state index is 1.03. The van der Waals surface area contributed by atoms with E-state index in [1.165, 1.54) is 9.80 Å². The first-order valence-electron chi connectivity index (χ1n) is 3.89. The van der Waals surface area contributed by atoms with Crippen LogP contribution in [0.1, 0.15) is 5.56 Å². The van der Waals surface area contributed by atoms with Crippen molar-refractivity contribution in [3.63, 3.8) is 0 Å². The van der Waals surface area contributed by atoms with Gasteiger partial charge in [-0.2, -0.15) is 0 Å². The third kappa shape index (κ3) is 2.71. The Morgan fingerprint density at radius 1 is 1.27 bits per heavy atom. The molecule has 0 saturated heterocycles. The number of nitrogens with zero attached hydrogens (tertiary/aromatic N) is 1. The van der Waals surface area contributed by atoms with Crippen LogP contribution in [0.3, 0.4) is 0 Å². The molecule has 0 atom stereocenters. The quantitative estimate of drug-likeness (QED) is 0.543. The number of benzene rings is 1. The summed E-state index contributed by atoms with van der Waals surface area (Å²) in [6, 6.07) is 8.49. The van der Waals surface area contributed by atoms with Crippen LogP contribution in [0.5, 0.6) is 0 Å². The Bertz CT molecular complexity index is 233. The molecule has 1 aromatic rings. The average molecular weight is 141 g/mol. The Hall–Kier alpha value is -0.223. The van der Waals surface area contributed by atoms with E-state index in [-0.39, 0.29) is 0 Å². The summed E-state index contributed by atoms with van der Waals surface area (Å²) < 4.78 is 1.38. The first-order valence-corrected chi connectivity index (χ1v) is 3.89. The summed E-state index contributed by atoms with van der Waals surface area (Å²) >= 11 is 2.15. The Kier molecular flexibility index (Phi) is 3.20. The Labute approximate surface area is 77.6 Å². The van der Waals surface area contributed by atoms with Gasteiger partial charge in [-0.3, -0.25) is 0 Å². The van der Waals surface area contributed by atoms with Gasteiger partial charge in [0.05, 0.1) is 0 Å². The molecule has 1 nitrogen and oxygen atoms in total. The maximum absolute atomic E-state index is 2.18. The van der Waals surface area contributed by atoms with Crippen molar-refractivity contribution in [1.82, 2.24) is 4.90 Å². The second-order valence-corrected chi connectivity index (χ2v) is 3.16. The van der Waals surface area contributed by atoms with E-state index in [2.05, 4.69) is 61.0 Å². The van der Waals surface area contributed by atoms with Gasteiger partial charge < -0.3 is 0 Å². The minimum atomic E-state index is 1.03. The molecular weight excluding hydrogens is 129 g/mol. The van der Waals surface area contributed by atoms with Crippen molar-refractivity contribution in [2.75, 3.05) is 14.1 Å². The third-order valence-electron chi connectivity index (χ3n) is 1.75. The van der Waals surface area contributed by atoms with Crippen LogP contribution in [0.25, 0.3) is 0 Å². The summed E-state index contributed by atoms with van der Waals surface area (Å²) in [5, 5.41) is 0. The monoisotopic (exact) mass is 141 g/mol. The zero-order valence-electron chi connectivity index (χ0n) is 7.46. The molecule has 0 spiro atoms. The van der Waals surface area contributed by atoms with Crippen molar-refractivity contribution in [2.24, 2.45) is 0 Å². The molecule has 0 aliphatic rings. The fourth-order valence-corrected chi connectivity index (χ4v) is 1.13. The molecule has 0 saturated carbocycles. The van der Waals surface area contributed by atoms with Crippen LogP contribution in [-0.2, 0) is 6.54 Å². The zero-order valence-corrected chi connectivity index (χ0v) is 7.46. The molecule has 2 heteroatoms. The van der Waals surface area contributed by atoms with E-state index in [0.29, 0.717) is 0 Å². The molecule has 54 valence electrons. The first-order chi connectivity index (χ1) is 5.20. The predicted octanol–water partition coefficient (Wildman–Crippen LogP) is 0.542. The average Bonchev–Trinajstić information content (AvgIpc) is 1.93. The standard InChI is InChI=1S/C9H12N.Li/c1-10(2)8-9-6-4-3-5-7-9;/h3-6H,8H2,1-2H3;. The summed E-state index contributed by atoms with van der Waals surface area (Å²) in [5.74, 6) is 0. The van der Waals surface area contributed by atoms with Crippen LogP contribution < -0.4 is 4.24 Å². The summed E-state index contributed by atoms with van der Waals surface area (Å²) in [5.41, 5.74) is 1.41.